The molecule has 0 spiro atoms. The Hall–Kier alpha value is -1.56. The first-order chi connectivity index (χ1) is 9.74. The Labute approximate surface area is 127 Å². The van der Waals surface area contributed by atoms with Crippen LogP contribution < -0.4 is 5.30 Å². The number of rotatable bonds is 2. The highest BCUT2D eigenvalue weighted by atomic mass is 32.1. The minimum Gasteiger partial charge on any atom is -0.143 e. The number of benzene rings is 3. The van der Waals surface area contributed by atoms with Gasteiger partial charge in [0.2, 0.25) is 0 Å². The fourth-order valence-electron chi connectivity index (χ4n) is 2.28. The molecule has 1 atom stereocenters. The molecule has 98 valence electrons. The van der Waals surface area contributed by atoms with Crippen LogP contribution in [-0.4, -0.2) is 0 Å². The third kappa shape index (κ3) is 2.80. The molecule has 0 N–H and O–H groups in total. The molecule has 0 radical (unpaired) electrons. The molecular formula is C18H15PS. The van der Waals surface area contributed by atoms with Gasteiger partial charge in [-0.2, -0.15) is 0 Å². The Morgan fingerprint density at radius 2 is 1.30 bits per heavy atom. The van der Waals surface area contributed by atoms with Crippen molar-refractivity contribution in [3.63, 3.8) is 0 Å². The van der Waals surface area contributed by atoms with Crippen LogP contribution in [0.4, 0.5) is 0 Å². The average molecular weight is 294 g/mol. The van der Waals surface area contributed by atoms with Gasteiger partial charge < -0.3 is 0 Å². The van der Waals surface area contributed by atoms with Gasteiger partial charge in [-0.1, -0.05) is 54.6 Å². The minimum absolute atomic E-state index is 0.987. The summed E-state index contributed by atoms with van der Waals surface area (Å²) in [6, 6.07) is 25.3. The Morgan fingerprint density at radius 3 is 1.95 bits per heavy atom. The lowest BCUT2D eigenvalue weighted by molar-refractivity contribution is 1.47. The van der Waals surface area contributed by atoms with Crippen LogP contribution in [-0.2, 0) is 0 Å². The van der Waals surface area contributed by atoms with Crippen molar-refractivity contribution in [2.45, 2.75) is 4.90 Å². The molecule has 1 unspecified atom stereocenters. The Morgan fingerprint density at radius 1 is 0.650 bits per heavy atom. The maximum atomic E-state index is 4.32. The molecule has 0 bridgehead atoms. The smallest absolute Gasteiger partial charge is 0.00404 e. The third-order valence-electron chi connectivity index (χ3n) is 3.34. The fourth-order valence-corrected chi connectivity index (χ4v) is 2.87. The van der Waals surface area contributed by atoms with Crippen molar-refractivity contribution in [2.24, 2.45) is 0 Å². The van der Waals surface area contributed by atoms with Gasteiger partial charge in [-0.15, -0.1) is 21.9 Å². The largest absolute Gasteiger partial charge is 0.143 e. The zero-order valence-electron chi connectivity index (χ0n) is 11.0. The number of hydrogen-bond acceptors (Lipinski definition) is 1. The molecule has 0 saturated heterocycles. The van der Waals surface area contributed by atoms with Crippen molar-refractivity contribution < 1.29 is 0 Å². The molecule has 3 rings (SSSR count). The molecule has 0 aromatic heterocycles. The van der Waals surface area contributed by atoms with Crippen LogP contribution in [0.1, 0.15) is 0 Å². The minimum atomic E-state index is 0.987. The zero-order valence-corrected chi connectivity index (χ0v) is 13.0. The van der Waals surface area contributed by atoms with E-state index >= 15 is 0 Å². The van der Waals surface area contributed by atoms with Crippen LogP contribution >= 0.6 is 21.9 Å². The highest BCUT2D eigenvalue weighted by Gasteiger charge is 2.04. The predicted molar refractivity (Wildman–Crippen MR) is 93.9 cm³/mol. The second kappa shape index (κ2) is 5.83. The van der Waals surface area contributed by atoms with Crippen molar-refractivity contribution in [1.82, 2.24) is 0 Å². The second-order valence-electron chi connectivity index (χ2n) is 4.71. The van der Waals surface area contributed by atoms with Crippen LogP contribution in [0.25, 0.3) is 22.3 Å². The van der Waals surface area contributed by atoms with E-state index in [1.165, 1.54) is 27.6 Å². The summed E-state index contributed by atoms with van der Waals surface area (Å²) in [5.41, 5.74) is 4.94. The van der Waals surface area contributed by atoms with Gasteiger partial charge in [0.25, 0.3) is 0 Å². The molecule has 0 amide bonds. The first-order valence-corrected chi connectivity index (χ1v) is 7.51. The summed E-state index contributed by atoms with van der Waals surface area (Å²) in [4.78, 5) is 0.987. The maximum absolute atomic E-state index is 4.32. The number of hydrogen-bond donors (Lipinski definition) is 1. The monoisotopic (exact) mass is 294 g/mol. The molecule has 0 aliphatic carbocycles. The van der Waals surface area contributed by atoms with Gasteiger partial charge in [0.15, 0.2) is 0 Å². The normalized spacial score (nSPS) is 10.5. The predicted octanol–water partition coefficient (Wildman–Crippen LogP) is 4.81. The molecular weight excluding hydrogens is 279 g/mol. The lowest BCUT2D eigenvalue weighted by Gasteiger charge is -2.09. The summed E-state index contributed by atoms with van der Waals surface area (Å²) >= 11 is 4.32. The summed E-state index contributed by atoms with van der Waals surface area (Å²) in [6.45, 7) is 0. The van der Waals surface area contributed by atoms with E-state index in [0.717, 1.165) is 4.90 Å². The topological polar surface area (TPSA) is 0 Å². The summed E-state index contributed by atoms with van der Waals surface area (Å²) in [7, 11) is 2.84. The zero-order chi connectivity index (χ0) is 13.9. The number of thiol groups is 1. The van der Waals surface area contributed by atoms with E-state index in [0.29, 0.717) is 0 Å². The van der Waals surface area contributed by atoms with E-state index in [-0.39, 0.29) is 0 Å². The Balaban J connectivity index is 2.01. The molecule has 20 heavy (non-hydrogen) atoms. The Bertz CT molecular complexity index is 718. The second-order valence-corrected chi connectivity index (χ2v) is 5.85. The first kappa shape index (κ1) is 13.4. The van der Waals surface area contributed by atoms with E-state index < -0.39 is 0 Å². The fraction of sp³-hybridized carbons (Fsp3) is 0. The molecule has 0 heterocycles. The van der Waals surface area contributed by atoms with Gasteiger partial charge in [-0.25, -0.2) is 0 Å². The van der Waals surface area contributed by atoms with Gasteiger partial charge in [0.1, 0.15) is 0 Å². The van der Waals surface area contributed by atoms with Gasteiger partial charge in [-0.05, 0) is 45.8 Å². The lowest BCUT2D eigenvalue weighted by Crippen LogP contribution is -1.97. The van der Waals surface area contributed by atoms with Gasteiger partial charge in [0.05, 0.1) is 0 Å². The van der Waals surface area contributed by atoms with E-state index in [4.69, 9.17) is 0 Å². The lowest BCUT2D eigenvalue weighted by atomic mass is 10.0. The molecule has 0 aliphatic heterocycles. The van der Waals surface area contributed by atoms with E-state index in [2.05, 4.69) is 76.5 Å². The van der Waals surface area contributed by atoms with Crippen molar-refractivity contribution in [3.8, 4) is 22.3 Å². The van der Waals surface area contributed by atoms with E-state index in [1.54, 1.807) is 0 Å². The molecule has 0 saturated carbocycles. The standard InChI is InChI=1S/C18H15PS/c19-18-12-15(13-6-9-16(20)10-7-13)8-11-17(18)14-4-2-1-3-5-14/h1-12,20H,19H2. The Kier molecular flexibility index (Phi) is 3.91. The maximum Gasteiger partial charge on any atom is 0.00404 e. The third-order valence-corrected chi connectivity index (χ3v) is 4.11. The summed E-state index contributed by atoms with van der Waals surface area (Å²) in [5.74, 6) is 0. The highest BCUT2D eigenvalue weighted by Crippen LogP contribution is 2.25. The molecule has 3 aromatic carbocycles. The van der Waals surface area contributed by atoms with Gasteiger partial charge >= 0.3 is 0 Å². The van der Waals surface area contributed by atoms with Crippen molar-refractivity contribution in [1.29, 1.82) is 0 Å². The summed E-state index contributed by atoms with van der Waals surface area (Å²) in [5, 5.41) is 1.21. The quantitative estimate of drug-likeness (QED) is 0.509. The van der Waals surface area contributed by atoms with Gasteiger partial charge in [0, 0.05) is 4.90 Å². The van der Waals surface area contributed by atoms with Crippen molar-refractivity contribution in [3.05, 3.63) is 72.8 Å². The van der Waals surface area contributed by atoms with E-state index in [9.17, 15) is 0 Å². The summed E-state index contributed by atoms with van der Waals surface area (Å²) in [6.07, 6.45) is 0. The molecule has 0 aliphatic rings. The molecule has 0 fully saturated rings. The van der Waals surface area contributed by atoms with Crippen molar-refractivity contribution in [2.75, 3.05) is 0 Å². The van der Waals surface area contributed by atoms with Crippen LogP contribution in [0, 0.1) is 0 Å². The van der Waals surface area contributed by atoms with Crippen LogP contribution in [0.2, 0.25) is 0 Å². The molecule has 0 nitrogen and oxygen atoms in total. The molecule has 2 heteroatoms. The molecule has 3 aromatic rings. The highest BCUT2D eigenvalue weighted by molar-refractivity contribution is 7.80. The van der Waals surface area contributed by atoms with Gasteiger partial charge in [-0.3, -0.25) is 0 Å². The van der Waals surface area contributed by atoms with Crippen LogP contribution in [0.3, 0.4) is 0 Å². The first-order valence-electron chi connectivity index (χ1n) is 6.48. The SMILES string of the molecule is Pc1cc(-c2ccc(S)cc2)ccc1-c1ccccc1. The van der Waals surface area contributed by atoms with Crippen LogP contribution in [0.5, 0.6) is 0 Å². The summed E-state index contributed by atoms with van der Waals surface area (Å²) < 4.78 is 0. The average Bonchev–Trinajstić information content (AvgIpc) is 2.49. The van der Waals surface area contributed by atoms with Crippen molar-refractivity contribution >= 4 is 27.2 Å². The van der Waals surface area contributed by atoms with Crippen LogP contribution in [0.15, 0.2) is 77.7 Å². The van der Waals surface area contributed by atoms with E-state index in [1.807, 2.05) is 18.2 Å².